The first kappa shape index (κ1) is 31.7. The fourth-order valence-electron chi connectivity index (χ4n) is 4.81. The summed E-state index contributed by atoms with van der Waals surface area (Å²) in [6.45, 7) is 8.67. The number of nitrogens with zero attached hydrogens (tertiary/aromatic N) is 2. The molecule has 2 heterocycles. The van der Waals surface area contributed by atoms with E-state index in [4.69, 9.17) is 10.4 Å². The van der Waals surface area contributed by atoms with Crippen LogP contribution in [0, 0.1) is 11.3 Å². The number of amides is 1. The Kier molecular flexibility index (Phi) is 13.7. The van der Waals surface area contributed by atoms with Crippen molar-refractivity contribution in [3.8, 4) is 0 Å². The number of carbonyl (C=O) groups excluding carboxylic acids is 2. The van der Waals surface area contributed by atoms with Gasteiger partial charge in [0, 0.05) is 54.3 Å². The van der Waals surface area contributed by atoms with Gasteiger partial charge in [-0.3, -0.25) is 14.6 Å². The van der Waals surface area contributed by atoms with Crippen LogP contribution in [-0.4, -0.2) is 53.7 Å². The molecule has 2 rings (SSSR count). The lowest BCUT2D eigenvalue weighted by Crippen LogP contribution is -2.39. The van der Waals surface area contributed by atoms with Gasteiger partial charge in [-0.1, -0.05) is 50.3 Å². The maximum absolute atomic E-state index is 12.8. The molecule has 2 aliphatic heterocycles. The van der Waals surface area contributed by atoms with Crippen molar-refractivity contribution in [2.45, 2.75) is 91.5 Å². The number of allylic oxidation sites excluding steroid dienone is 4. The number of hydrogen-bond donors (Lipinski definition) is 2. The average molecular weight is 549 g/mol. The van der Waals surface area contributed by atoms with Crippen LogP contribution in [0.25, 0.3) is 0 Å². The molecule has 1 amide bonds. The van der Waals surface area contributed by atoms with E-state index >= 15 is 0 Å². The van der Waals surface area contributed by atoms with Crippen LogP contribution in [0.1, 0.15) is 79.1 Å². The molecule has 210 valence electrons. The number of amidine groups is 1. The molecule has 0 aliphatic carbocycles. The third-order valence-electron chi connectivity index (χ3n) is 6.66. The van der Waals surface area contributed by atoms with E-state index in [1.165, 1.54) is 12.2 Å². The molecule has 9 heteroatoms. The maximum Gasteiger partial charge on any atom is 0.242 e. The van der Waals surface area contributed by atoms with Gasteiger partial charge in [0.15, 0.2) is 0 Å². The minimum Gasteiger partial charge on any atom is -0.351 e. The normalized spacial score (nSPS) is 18.9. The highest BCUT2D eigenvalue weighted by molar-refractivity contribution is 8.06. The second kappa shape index (κ2) is 16.4. The zero-order valence-corrected chi connectivity index (χ0v) is 23.9. The highest BCUT2D eigenvalue weighted by atomic mass is 32.2. The molecule has 38 heavy (non-hydrogen) atoms. The van der Waals surface area contributed by atoms with Gasteiger partial charge < -0.3 is 15.6 Å². The molecule has 0 spiro atoms. The second-order valence-electron chi connectivity index (χ2n) is 9.52. The van der Waals surface area contributed by atoms with E-state index in [1.807, 2.05) is 38.3 Å². The van der Waals surface area contributed by atoms with Crippen LogP contribution in [0.2, 0.25) is 0 Å². The summed E-state index contributed by atoms with van der Waals surface area (Å²) < 4.78 is 25.2. The number of alkyl halides is 2. The van der Waals surface area contributed by atoms with Gasteiger partial charge in [0.1, 0.15) is 11.6 Å². The molecule has 1 saturated heterocycles. The van der Waals surface area contributed by atoms with Gasteiger partial charge in [-0.15, -0.1) is 0 Å². The third-order valence-corrected chi connectivity index (χ3v) is 7.74. The van der Waals surface area contributed by atoms with E-state index in [0.717, 1.165) is 35.7 Å². The van der Waals surface area contributed by atoms with Crippen LogP contribution in [0.3, 0.4) is 0 Å². The highest BCUT2D eigenvalue weighted by Crippen LogP contribution is 2.34. The Hall–Kier alpha value is -2.55. The molecule has 0 radical (unpaired) electrons. The Labute approximate surface area is 230 Å². The molecule has 0 saturated carbocycles. The van der Waals surface area contributed by atoms with Crippen molar-refractivity contribution >= 4 is 35.0 Å². The van der Waals surface area contributed by atoms with Crippen molar-refractivity contribution in [2.75, 3.05) is 13.1 Å². The maximum atomic E-state index is 12.8. The number of Topliss-reactive ketones (excluding diaryl/α,β-unsaturated/α-hetero) is 1. The SMILES string of the molecule is CC=C(S/C=C\C)C1=NCC(C(=N)/C=C\CC(F)F)=C2CC(NC(=O)CCCC(CCC)C(=O)CC)CN12. The minimum atomic E-state index is -2.45. The lowest BCUT2D eigenvalue weighted by Gasteiger charge is -2.29. The number of aliphatic imine (C=N–C) groups is 1. The van der Waals surface area contributed by atoms with Gasteiger partial charge in [-0.2, -0.15) is 0 Å². The van der Waals surface area contributed by atoms with Crippen LogP contribution in [-0.2, 0) is 9.59 Å². The summed E-state index contributed by atoms with van der Waals surface area (Å²) in [5, 5.41) is 13.6. The van der Waals surface area contributed by atoms with Gasteiger partial charge in [-0.05, 0) is 44.6 Å². The molecule has 2 aliphatic rings. The van der Waals surface area contributed by atoms with E-state index in [9.17, 15) is 18.4 Å². The standard InChI is InChI=1S/C29H42F2N4O2S/c1-5-11-20(25(36)7-3)12-9-15-28(37)34-21-17-24-22(23(32)13-10-14-27(30)31)18-33-29(35(24)19-21)26(8-4)38-16-6-2/h6,8,10,13,16,20-21,27,32H,5,7,9,11-12,14-15,17-19H2,1-4H3,(H,34,37)/b13-10-,16-6-,26-8?,32-23?. The van der Waals surface area contributed by atoms with Crippen LogP contribution < -0.4 is 5.32 Å². The summed E-state index contributed by atoms with van der Waals surface area (Å²) >= 11 is 1.56. The van der Waals surface area contributed by atoms with Crippen molar-refractivity contribution in [3.63, 3.8) is 0 Å². The van der Waals surface area contributed by atoms with E-state index in [2.05, 4.69) is 17.1 Å². The summed E-state index contributed by atoms with van der Waals surface area (Å²) in [7, 11) is 0. The Bertz CT molecular complexity index is 1000. The van der Waals surface area contributed by atoms with Crippen molar-refractivity contribution in [2.24, 2.45) is 10.9 Å². The first-order chi connectivity index (χ1) is 18.2. The molecular formula is C29H42F2N4O2S. The Morgan fingerprint density at radius 2 is 2.03 bits per heavy atom. The average Bonchev–Trinajstić information content (AvgIpc) is 3.31. The Morgan fingerprint density at radius 3 is 2.66 bits per heavy atom. The van der Waals surface area contributed by atoms with Crippen molar-refractivity contribution in [3.05, 3.63) is 45.9 Å². The third kappa shape index (κ3) is 9.33. The molecule has 2 N–H and O–H groups in total. The topological polar surface area (TPSA) is 85.6 Å². The summed E-state index contributed by atoms with van der Waals surface area (Å²) in [6.07, 6.45) is 8.51. The van der Waals surface area contributed by atoms with Gasteiger partial charge in [0.2, 0.25) is 12.3 Å². The predicted molar refractivity (Wildman–Crippen MR) is 154 cm³/mol. The number of rotatable bonds is 16. The quantitative estimate of drug-likeness (QED) is 0.208. The fraction of sp³-hybridized carbons (Fsp3) is 0.586. The fourth-order valence-corrected chi connectivity index (χ4v) is 5.51. The number of halogens is 2. The van der Waals surface area contributed by atoms with Crippen molar-refractivity contribution < 1.29 is 18.4 Å². The van der Waals surface area contributed by atoms with Crippen LogP contribution in [0.4, 0.5) is 8.78 Å². The summed E-state index contributed by atoms with van der Waals surface area (Å²) in [6, 6.07) is -0.151. The molecule has 0 bridgehead atoms. The van der Waals surface area contributed by atoms with E-state index in [-0.39, 0.29) is 35.9 Å². The lowest BCUT2D eigenvalue weighted by atomic mass is 9.91. The molecule has 0 aromatic rings. The lowest BCUT2D eigenvalue weighted by molar-refractivity contribution is -0.124. The molecular weight excluding hydrogens is 506 g/mol. The summed E-state index contributed by atoms with van der Waals surface area (Å²) in [4.78, 5) is 32.8. The van der Waals surface area contributed by atoms with Gasteiger partial charge >= 0.3 is 0 Å². The first-order valence-electron chi connectivity index (χ1n) is 13.6. The first-order valence-corrected chi connectivity index (χ1v) is 14.5. The number of nitrogens with one attached hydrogen (secondary N) is 2. The molecule has 1 fully saturated rings. The molecule has 0 aromatic carbocycles. The second-order valence-corrected chi connectivity index (χ2v) is 10.5. The number of fused-ring (bicyclic) bond motifs is 1. The van der Waals surface area contributed by atoms with Crippen molar-refractivity contribution in [1.29, 1.82) is 5.41 Å². The van der Waals surface area contributed by atoms with Crippen LogP contribution >= 0.6 is 11.8 Å². The highest BCUT2D eigenvalue weighted by Gasteiger charge is 2.36. The Morgan fingerprint density at radius 1 is 1.26 bits per heavy atom. The molecule has 6 nitrogen and oxygen atoms in total. The zero-order valence-electron chi connectivity index (χ0n) is 23.1. The number of ketones is 1. The molecule has 0 aromatic heterocycles. The largest absolute Gasteiger partial charge is 0.351 e. The predicted octanol–water partition coefficient (Wildman–Crippen LogP) is 6.81. The van der Waals surface area contributed by atoms with Gasteiger partial charge in [0.25, 0.3) is 0 Å². The van der Waals surface area contributed by atoms with E-state index < -0.39 is 12.8 Å². The summed E-state index contributed by atoms with van der Waals surface area (Å²) in [5.41, 5.74) is 1.78. The van der Waals surface area contributed by atoms with Crippen molar-refractivity contribution in [1.82, 2.24) is 10.2 Å². The number of carbonyl (C=O) groups is 2. The monoisotopic (exact) mass is 548 g/mol. The van der Waals surface area contributed by atoms with Crippen LogP contribution in [0.5, 0.6) is 0 Å². The minimum absolute atomic E-state index is 0.0304. The van der Waals surface area contributed by atoms with E-state index in [1.54, 1.807) is 11.8 Å². The number of thioether (sulfide) groups is 1. The van der Waals surface area contributed by atoms with Gasteiger partial charge in [0.05, 0.1) is 18.3 Å². The smallest absolute Gasteiger partial charge is 0.242 e. The van der Waals surface area contributed by atoms with Crippen LogP contribution in [0.15, 0.2) is 50.9 Å². The zero-order chi connectivity index (χ0) is 28.1. The number of hydrogen-bond acceptors (Lipinski definition) is 6. The molecule has 2 unspecified atom stereocenters. The molecule has 2 atom stereocenters. The Balaban J connectivity index is 2.14. The van der Waals surface area contributed by atoms with E-state index in [0.29, 0.717) is 37.8 Å². The summed E-state index contributed by atoms with van der Waals surface area (Å²) in [5.74, 6) is 1.06. The van der Waals surface area contributed by atoms with Gasteiger partial charge in [-0.25, -0.2) is 8.78 Å².